The lowest BCUT2D eigenvalue weighted by Gasteiger charge is -2.50. The fraction of sp³-hybridized carbons (Fsp3) is 0.650. The zero-order chi connectivity index (χ0) is 16.8. The van der Waals surface area contributed by atoms with Crippen LogP contribution in [0.3, 0.4) is 0 Å². The smallest absolute Gasteiger partial charge is 0.0883 e. The third-order valence-electron chi connectivity index (χ3n) is 6.69. The molecule has 4 nitrogen and oxygen atoms in total. The van der Waals surface area contributed by atoms with Crippen LogP contribution in [0.1, 0.15) is 56.6 Å². The number of nitrogens with zero attached hydrogens (tertiary/aromatic N) is 1. The number of hydrogen-bond acceptors (Lipinski definition) is 3. The maximum atomic E-state index is 11.0. The topological polar surface area (TPSA) is 58.1 Å². The molecular weight excluding hydrogens is 300 g/mol. The highest BCUT2D eigenvalue weighted by molar-refractivity contribution is 5.80. The molecule has 0 bridgehead atoms. The zero-order valence-corrected chi connectivity index (χ0v) is 14.8. The summed E-state index contributed by atoms with van der Waals surface area (Å²) in [6.07, 6.45) is 9.32. The van der Waals surface area contributed by atoms with Gasteiger partial charge in [-0.3, -0.25) is 5.10 Å². The molecule has 4 heteroatoms. The molecule has 1 aromatic heterocycles. The average Bonchev–Trinajstić information content (AvgIpc) is 2.96. The number of fused-ring (bicyclic) bond motifs is 4. The van der Waals surface area contributed by atoms with E-state index in [0.717, 1.165) is 37.6 Å². The van der Waals surface area contributed by atoms with Gasteiger partial charge in [-0.25, -0.2) is 0 Å². The maximum Gasteiger partial charge on any atom is 0.0883 e. The Labute approximate surface area is 143 Å². The molecule has 4 rings (SSSR count). The Balaban J connectivity index is 1.81. The van der Waals surface area contributed by atoms with E-state index in [1.165, 1.54) is 29.4 Å². The predicted molar refractivity (Wildman–Crippen MR) is 95.2 cm³/mol. The minimum atomic E-state index is -0.650. The fourth-order valence-electron chi connectivity index (χ4n) is 5.45. The molecule has 0 aliphatic heterocycles. The monoisotopic (exact) mass is 328 g/mol. The Morgan fingerprint density at radius 3 is 3.04 bits per heavy atom. The van der Waals surface area contributed by atoms with E-state index in [1.54, 1.807) is 7.11 Å². The van der Waals surface area contributed by atoms with Gasteiger partial charge in [-0.15, -0.1) is 0 Å². The van der Waals surface area contributed by atoms with Crippen LogP contribution in [0.15, 0.2) is 18.3 Å². The van der Waals surface area contributed by atoms with Gasteiger partial charge >= 0.3 is 0 Å². The lowest BCUT2D eigenvalue weighted by molar-refractivity contribution is -0.0903. The number of nitrogens with one attached hydrogen (secondary N) is 1. The second kappa shape index (κ2) is 5.85. The number of aromatic amines is 1. The lowest BCUT2D eigenvalue weighted by atomic mass is 9.57. The number of aliphatic hydroxyl groups is 1. The van der Waals surface area contributed by atoms with Gasteiger partial charge in [-0.05, 0) is 79.5 Å². The highest BCUT2D eigenvalue weighted by atomic mass is 16.5. The molecule has 0 spiro atoms. The van der Waals surface area contributed by atoms with Crippen molar-refractivity contribution in [1.82, 2.24) is 10.2 Å². The number of hydrogen-bond donors (Lipinski definition) is 2. The SMILES string of the molecule is CCC12CCC(O)(COC)CC1CCCc1cc3[nH]ncc3cc12. The first-order valence-electron chi connectivity index (χ1n) is 9.28. The Morgan fingerprint density at radius 2 is 2.25 bits per heavy atom. The number of H-pyrrole nitrogens is 1. The summed E-state index contributed by atoms with van der Waals surface area (Å²) in [5, 5.41) is 19.5. The van der Waals surface area contributed by atoms with E-state index in [2.05, 4.69) is 29.3 Å². The summed E-state index contributed by atoms with van der Waals surface area (Å²) in [4.78, 5) is 0. The summed E-state index contributed by atoms with van der Waals surface area (Å²) in [6.45, 7) is 2.78. The van der Waals surface area contributed by atoms with Crippen LogP contribution in [-0.2, 0) is 16.6 Å². The van der Waals surface area contributed by atoms with E-state index in [0.29, 0.717) is 12.5 Å². The molecular formula is C20H28N2O2. The quantitative estimate of drug-likeness (QED) is 0.903. The van der Waals surface area contributed by atoms with Crippen LogP contribution in [-0.4, -0.2) is 34.6 Å². The highest BCUT2D eigenvalue weighted by Crippen LogP contribution is 2.54. The van der Waals surface area contributed by atoms with Crippen LogP contribution in [0.2, 0.25) is 0 Å². The van der Waals surface area contributed by atoms with Crippen molar-refractivity contribution in [3.05, 3.63) is 29.5 Å². The number of aromatic nitrogens is 2. The van der Waals surface area contributed by atoms with Crippen molar-refractivity contribution >= 4 is 10.9 Å². The van der Waals surface area contributed by atoms with Crippen molar-refractivity contribution < 1.29 is 9.84 Å². The highest BCUT2D eigenvalue weighted by Gasteiger charge is 2.49. The zero-order valence-electron chi connectivity index (χ0n) is 14.8. The number of methoxy groups -OCH3 is 1. The molecule has 2 aromatic rings. The molecule has 1 saturated carbocycles. The van der Waals surface area contributed by atoms with Gasteiger partial charge in [0.15, 0.2) is 0 Å². The molecule has 2 aliphatic carbocycles. The van der Waals surface area contributed by atoms with Gasteiger partial charge in [0.1, 0.15) is 0 Å². The maximum absolute atomic E-state index is 11.0. The van der Waals surface area contributed by atoms with Crippen LogP contribution < -0.4 is 0 Å². The fourth-order valence-corrected chi connectivity index (χ4v) is 5.45. The van der Waals surface area contributed by atoms with Gasteiger partial charge in [-0.2, -0.15) is 5.10 Å². The first-order chi connectivity index (χ1) is 11.6. The van der Waals surface area contributed by atoms with E-state index in [4.69, 9.17) is 4.74 Å². The van der Waals surface area contributed by atoms with Crippen molar-refractivity contribution in [2.45, 2.75) is 62.9 Å². The molecule has 3 unspecified atom stereocenters. The third-order valence-corrected chi connectivity index (χ3v) is 6.69. The molecule has 0 radical (unpaired) electrons. The summed E-state index contributed by atoms with van der Waals surface area (Å²) in [6, 6.07) is 4.68. The minimum Gasteiger partial charge on any atom is -0.387 e. The van der Waals surface area contributed by atoms with Crippen LogP contribution in [0.4, 0.5) is 0 Å². The standard InChI is InChI=1S/C20H28N2O2/c1-3-20-8-7-19(23,13-24-2)11-16(20)6-4-5-14-10-18-15(9-17(14)20)12-21-22-18/h9-10,12,16,23H,3-8,11,13H2,1-2H3,(H,21,22). The summed E-state index contributed by atoms with van der Waals surface area (Å²) >= 11 is 0. The molecule has 1 heterocycles. The van der Waals surface area contributed by atoms with Crippen molar-refractivity contribution in [3.8, 4) is 0 Å². The summed E-state index contributed by atoms with van der Waals surface area (Å²) in [7, 11) is 1.69. The normalized spacial score (nSPS) is 33.0. The predicted octanol–water partition coefficient (Wildman–Crippen LogP) is 3.72. The summed E-state index contributed by atoms with van der Waals surface area (Å²) in [5.74, 6) is 0.530. The second-order valence-electron chi connectivity index (χ2n) is 7.93. The van der Waals surface area contributed by atoms with Crippen LogP contribution in [0.5, 0.6) is 0 Å². The Kier molecular flexibility index (Phi) is 3.92. The average molecular weight is 328 g/mol. The van der Waals surface area contributed by atoms with E-state index < -0.39 is 5.60 Å². The molecule has 3 atom stereocenters. The van der Waals surface area contributed by atoms with Gasteiger partial charge in [0.2, 0.25) is 0 Å². The van der Waals surface area contributed by atoms with E-state index in [-0.39, 0.29) is 5.41 Å². The molecule has 1 aromatic carbocycles. The number of benzene rings is 1. The largest absolute Gasteiger partial charge is 0.387 e. The van der Waals surface area contributed by atoms with Gasteiger partial charge in [0.25, 0.3) is 0 Å². The van der Waals surface area contributed by atoms with Gasteiger partial charge < -0.3 is 9.84 Å². The summed E-state index contributed by atoms with van der Waals surface area (Å²) in [5.41, 5.74) is 3.68. The van der Waals surface area contributed by atoms with Crippen molar-refractivity contribution in [1.29, 1.82) is 0 Å². The molecule has 2 aliphatic rings. The first kappa shape index (κ1) is 16.1. The molecule has 130 valence electrons. The van der Waals surface area contributed by atoms with E-state index >= 15 is 0 Å². The van der Waals surface area contributed by atoms with E-state index in [1.807, 2.05) is 6.20 Å². The Morgan fingerprint density at radius 1 is 1.38 bits per heavy atom. The number of ether oxygens (including phenoxy) is 1. The lowest BCUT2D eigenvalue weighted by Crippen LogP contribution is -2.49. The molecule has 2 N–H and O–H groups in total. The second-order valence-corrected chi connectivity index (χ2v) is 7.93. The first-order valence-corrected chi connectivity index (χ1v) is 9.28. The van der Waals surface area contributed by atoms with Crippen molar-refractivity contribution in [2.75, 3.05) is 13.7 Å². The van der Waals surface area contributed by atoms with Crippen molar-refractivity contribution in [3.63, 3.8) is 0 Å². The third kappa shape index (κ3) is 2.39. The van der Waals surface area contributed by atoms with Crippen LogP contribution in [0.25, 0.3) is 10.9 Å². The molecule has 0 amide bonds. The van der Waals surface area contributed by atoms with Gasteiger partial charge in [0, 0.05) is 12.5 Å². The van der Waals surface area contributed by atoms with Crippen LogP contribution >= 0.6 is 0 Å². The van der Waals surface area contributed by atoms with Gasteiger partial charge in [-0.1, -0.05) is 6.92 Å². The Hall–Kier alpha value is -1.39. The van der Waals surface area contributed by atoms with Crippen LogP contribution in [0, 0.1) is 5.92 Å². The summed E-state index contributed by atoms with van der Waals surface area (Å²) < 4.78 is 5.32. The minimum absolute atomic E-state index is 0.192. The number of aryl methyl sites for hydroxylation is 1. The van der Waals surface area contributed by atoms with E-state index in [9.17, 15) is 5.11 Å². The number of rotatable bonds is 3. The molecule has 24 heavy (non-hydrogen) atoms. The molecule has 1 fully saturated rings. The Bertz CT molecular complexity index is 740. The molecule has 0 saturated heterocycles. The van der Waals surface area contributed by atoms with Crippen molar-refractivity contribution in [2.24, 2.45) is 5.92 Å². The van der Waals surface area contributed by atoms with Gasteiger partial charge in [0.05, 0.1) is 23.9 Å².